The minimum absolute atomic E-state index is 0.106. The number of hydrogen-bond acceptors (Lipinski definition) is 3. The number of alkyl halides is 3. The molecule has 136 valence electrons. The predicted molar refractivity (Wildman–Crippen MR) is 92.3 cm³/mol. The van der Waals surface area contributed by atoms with Crippen LogP contribution >= 0.6 is 0 Å². The molecule has 3 aromatic rings. The lowest BCUT2D eigenvalue weighted by Crippen LogP contribution is -2.25. The van der Waals surface area contributed by atoms with Gasteiger partial charge in [-0.3, -0.25) is 4.57 Å². The maximum Gasteiger partial charge on any atom is 0.416 e. The van der Waals surface area contributed by atoms with E-state index in [1.54, 1.807) is 37.3 Å². The van der Waals surface area contributed by atoms with E-state index in [0.29, 0.717) is 23.2 Å². The second-order valence-corrected chi connectivity index (χ2v) is 6.23. The third-order valence-corrected chi connectivity index (χ3v) is 4.17. The van der Waals surface area contributed by atoms with Gasteiger partial charge in [0, 0.05) is 12.0 Å². The van der Waals surface area contributed by atoms with Crippen LogP contribution in [0.1, 0.15) is 18.2 Å². The quantitative estimate of drug-likeness (QED) is 0.772. The Bertz CT molecular complexity index is 982. The van der Waals surface area contributed by atoms with Crippen LogP contribution in [0.15, 0.2) is 53.3 Å². The molecule has 0 aliphatic heterocycles. The Hall–Kier alpha value is -2.67. The largest absolute Gasteiger partial charge is 0.416 e. The summed E-state index contributed by atoms with van der Waals surface area (Å²) < 4.78 is 40.7. The highest BCUT2D eigenvalue weighted by Gasteiger charge is 2.31. The Morgan fingerprint density at radius 3 is 2.46 bits per heavy atom. The van der Waals surface area contributed by atoms with Crippen LogP contribution in [0, 0.1) is 5.92 Å². The molecule has 0 aliphatic carbocycles. The summed E-state index contributed by atoms with van der Waals surface area (Å²) in [6, 6.07) is 11.7. The Morgan fingerprint density at radius 2 is 1.85 bits per heavy atom. The van der Waals surface area contributed by atoms with E-state index in [1.807, 2.05) is 0 Å². The maximum atomic E-state index is 13.2. The summed E-state index contributed by atoms with van der Waals surface area (Å²) >= 11 is 0. The van der Waals surface area contributed by atoms with Gasteiger partial charge < -0.3 is 5.11 Å². The second kappa shape index (κ2) is 6.92. The topological polar surface area (TPSA) is 55.1 Å². The van der Waals surface area contributed by atoms with Gasteiger partial charge >= 0.3 is 11.9 Å². The van der Waals surface area contributed by atoms with E-state index < -0.39 is 17.4 Å². The van der Waals surface area contributed by atoms with Gasteiger partial charge in [-0.2, -0.15) is 18.2 Å². The van der Waals surface area contributed by atoms with E-state index in [0.717, 1.165) is 12.1 Å². The molecule has 1 aromatic heterocycles. The number of aromatic nitrogens is 2. The van der Waals surface area contributed by atoms with Crippen molar-refractivity contribution in [1.29, 1.82) is 0 Å². The molecule has 4 nitrogen and oxygen atoms in total. The lowest BCUT2D eigenvalue weighted by atomic mass is 10.0. The molecule has 0 bridgehead atoms. The Balaban J connectivity index is 2.34. The Kier molecular flexibility index (Phi) is 4.82. The van der Waals surface area contributed by atoms with Gasteiger partial charge in [0.15, 0.2) is 0 Å². The highest BCUT2D eigenvalue weighted by Crippen LogP contribution is 2.32. The minimum Gasteiger partial charge on any atom is -0.396 e. The van der Waals surface area contributed by atoms with Gasteiger partial charge in [0.2, 0.25) is 0 Å². The summed E-state index contributed by atoms with van der Waals surface area (Å²) in [6.07, 6.45) is -4.23. The number of para-hydroxylation sites is 1. The van der Waals surface area contributed by atoms with E-state index in [4.69, 9.17) is 0 Å². The fraction of sp³-hybridized carbons (Fsp3) is 0.263. The van der Waals surface area contributed by atoms with Crippen LogP contribution in [0.25, 0.3) is 16.6 Å². The zero-order valence-electron chi connectivity index (χ0n) is 14.0. The summed E-state index contributed by atoms with van der Waals surface area (Å²) in [5.74, 6) is -0.167. The summed E-state index contributed by atoms with van der Waals surface area (Å²) in [4.78, 5) is 16.7. The molecule has 1 heterocycles. The van der Waals surface area contributed by atoms with E-state index in [2.05, 4.69) is 4.98 Å². The third-order valence-electron chi connectivity index (χ3n) is 4.17. The van der Waals surface area contributed by atoms with Crippen LogP contribution in [-0.2, 0) is 12.6 Å². The van der Waals surface area contributed by atoms with Crippen molar-refractivity contribution in [3.05, 3.63) is 70.3 Å². The normalized spacial score (nSPS) is 13.1. The number of benzene rings is 2. The smallest absolute Gasteiger partial charge is 0.396 e. The van der Waals surface area contributed by atoms with Gasteiger partial charge in [0.25, 0.3) is 0 Å². The van der Waals surface area contributed by atoms with Crippen LogP contribution < -0.4 is 5.69 Å². The molecule has 1 N–H and O–H groups in total. The van der Waals surface area contributed by atoms with E-state index in [9.17, 15) is 23.1 Å². The first-order chi connectivity index (χ1) is 12.3. The van der Waals surface area contributed by atoms with Gasteiger partial charge in [-0.1, -0.05) is 31.2 Å². The molecule has 0 fully saturated rings. The third kappa shape index (κ3) is 3.48. The lowest BCUT2D eigenvalue weighted by molar-refractivity contribution is -0.137. The van der Waals surface area contributed by atoms with Gasteiger partial charge in [-0.15, -0.1) is 0 Å². The van der Waals surface area contributed by atoms with Crippen molar-refractivity contribution in [2.45, 2.75) is 19.5 Å². The monoisotopic (exact) mass is 362 g/mol. The first-order valence-electron chi connectivity index (χ1n) is 8.10. The molecule has 1 atom stereocenters. The standard InChI is InChI=1S/C19H17F3N2O2/c1-12(11-25)9-16-15-8-7-13(19(20,21)22)10-17(15)24(18(26)23-16)14-5-3-2-4-6-14/h2-8,10,12,25H,9,11H2,1H3/t12-/m0/s1. The molecule has 0 amide bonds. The van der Waals surface area contributed by atoms with Crippen molar-refractivity contribution in [2.24, 2.45) is 5.92 Å². The molecule has 0 saturated carbocycles. The molecule has 3 rings (SSSR count). The van der Waals surface area contributed by atoms with Crippen molar-refractivity contribution >= 4 is 10.9 Å². The van der Waals surface area contributed by atoms with Gasteiger partial charge in [0.1, 0.15) is 0 Å². The van der Waals surface area contributed by atoms with Crippen LogP contribution in [0.5, 0.6) is 0 Å². The first-order valence-corrected chi connectivity index (χ1v) is 8.10. The number of nitrogens with zero attached hydrogens (tertiary/aromatic N) is 2. The number of fused-ring (bicyclic) bond motifs is 1. The molecule has 7 heteroatoms. The summed E-state index contributed by atoms with van der Waals surface area (Å²) in [6.45, 7) is 1.67. The summed E-state index contributed by atoms with van der Waals surface area (Å²) in [5.41, 5.74) is -0.515. The van der Waals surface area contributed by atoms with Crippen LogP contribution in [-0.4, -0.2) is 21.3 Å². The minimum atomic E-state index is -4.52. The molecule has 0 unspecified atom stereocenters. The molecule has 0 saturated heterocycles. The Labute approximate surface area is 147 Å². The number of aliphatic hydroxyl groups is 1. The van der Waals surface area contributed by atoms with Crippen molar-refractivity contribution in [1.82, 2.24) is 9.55 Å². The number of aliphatic hydroxyl groups excluding tert-OH is 1. The zero-order valence-corrected chi connectivity index (χ0v) is 14.0. The summed E-state index contributed by atoms with van der Waals surface area (Å²) in [5, 5.41) is 9.72. The molecular weight excluding hydrogens is 345 g/mol. The molecule has 0 radical (unpaired) electrons. The van der Waals surface area contributed by atoms with Crippen LogP contribution in [0.2, 0.25) is 0 Å². The molecule has 2 aromatic carbocycles. The SMILES string of the molecule is C[C@H](CO)Cc1nc(=O)n(-c2ccccc2)c2cc(C(F)(F)F)ccc12. The zero-order chi connectivity index (χ0) is 18.9. The average Bonchev–Trinajstić information content (AvgIpc) is 2.61. The van der Waals surface area contributed by atoms with E-state index in [1.165, 1.54) is 10.6 Å². The fourth-order valence-electron chi connectivity index (χ4n) is 2.84. The van der Waals surface area contributed by atoms with Gasteiger partial charge in [-0.05, 0) is 36.6 Å². The van der Waals surface area contributed by atoms with Crippen molar-refractivity contribution in [3.8, 4) is 5.69 Å². The van der Waals surface area contributed by atoms with Crippen molar-refractivity contribution < 1.29 is 18.3 Å². The highest BCUT2D eigenvalue weighted by molar-refractivity contribution is 5.83. The number of hydrogen-bond donors (Lipinski definition) is 1. The van der Waals surface area contributed by atoms with Gasteiger partial charge in [0.05, 0.1) is 22.5 Å². The predicted octanol–water partition coefficient (Wildman–Crippen LogP) is 3.58. The van der Waals surface area contributed by atoms with Gasteiger partial charge in [-0.25, -0.2) is 4.79 Å². The fourth-order valence-corrected chi connectivity index (χ4v) is 2.84. The molecule has 26 heavy (non-hydrogen) atoms. The first kappa shape index (κ1) is 18.1. The second-order valence-electron chi connectivity index (χ2n) is 6.23. The highest BCUT2D eigenvalue weighted by atomic mass is 19.4. The number of halogens is 3. The van der Waals surface area contributed by atoms with Crippen LogP contribution in [0.3, 0.4) is 0 Å². The van der Waals surface area contributed by atoms with E-state index in [-0.39, 0.29) is 18.0 Å². The molecule has 0 aliphatic rings. The van der Waals surface area contributed by atoms with Crippen molar-refractivity contribution in [2.75, 3.05) is 6.61 Å². The number of rotatable bonds is 4. The van der Waals surface area contributed by atoms with Crippen LogP contribution in [0.4, 0.5) is 13.2 Å². The average molecular weight is 362 g/mol. The summed E-state index contributed by atoms with van der Waals surface area (Å²) in [7, 11) is 0. The van der Waals surface area contributed by atoms with E-state index >= 15 is 0 Å². The Morgan fingerprint density at radius 1 is 1.15 bits per heavy atom. The van der Waals surface area contributed by atoms with Crippen molar-refractivity contribution in [3.63, 3.8) is 0 Å². The molecular formula is C19H17F3N2O2. The molecule has 0 spiro atoms. The lowest BCUT2D eigenvalue weighted by Gasteiger charge is -2.16. The maximum absolute atomic E-state index is 13.2.